The first kappa shape index (κ1) is 37.8. The summed E-state index contributed by atoms with van der Waals surface area (Å²) in [5.74, 6) is 0.697. The predicted octanol–water partition coefficient (Wildman–Crippen LogP) is 8.77. The average Bonchev–Trinajstić information content (AvgIpc) is 2.94. The van der Waals surface area contributed by atoms with E-state index in [0.29, 0.717) is 32.3 Å². The zero-order valence-electron chi connectivity index (χ0n) is 26.8. The molecule has 8 heteroatoms. The van der Waals surface area contributed by atoms with E-state index >= 15 is 0 Å². The fourth-order valence-electron chi connectivity index (χ4n) is 4.86. The zero-order valence-corrected chi connectivity index (χ0v) is 27.7. The van der Waals surface area contributed by atoms with Gasteiger partial charge < -0.3 is 14.5 Å². The minimum Gasteiger partial charge on any atom is -0.494 e. The molecule has 0 aliphatic carbocycles. The molecule has 1 rings (SSSR count). The molecule has 238 valence electrons. The Morgan fingerprint density at radius 2 is 1.59 bits per heavy atom. The molecule has 0 spiro atoms. The van der Waals surface area contributed by atoms with Crippen molar-refractivity contribution in [2.45, 2.75) is 130 Å². The standard InChI is InChI=1S/C33H60NO6P/c1-6-9-10-11-12-13-14-15-16-17-18-24-38-33-21-19-20-29(27-33)25-30(26-31(35)7-2)28-39-41(36,37)40-32(8-3)22-23-34(4)5/h19-21,27,30,32H,6-18,22-26,28H2,1-5H3,(H,36,37). The molecular formula is C33H60NO6P. The van der Waals surface area contributed by atoms with E-state index in [9.17, 15) is 14.3 Å². The van der Waals surface area contributed by atoms with E-state index in [1.165, 1.54) is 64.2 Å². The Hall–Kier alpha value is -1.24. The maximum atomic E-state index is 12.7. The van der Waals surface area contributed by atoms with Crippen LogP contribution >= 0.6 is 7.82 Å². The molecular weight excluding hydrogens is 537 g/mol. The third-order valence-electron chi connectivity index (χ3n) is 7.46. The highest BCUT2D eigenvalue weighted by molar-refractivity contribution is 7.47. The number of ketones is 1. The number of carbonyl (C=O) groups is 1. The van der Waals surface area contributed by atoms with Gasteiger partial charge in [-0.15, -0.1) is 0 Å². The molecule has 0 saturated heterocycles. The number of ether oxygens (including phenoxy) is 1. The van der Waals surface area contributed by atoms with E-state index in [-0.39, 0.29) is 30.8 Å². The first-order chi connectivity index (χ1) is 19.7. The predicted molar refractivity (Wildman–Crippen MR) is 170 cm³/mol. The SMILES string of the molecule is CCCCCCCCCCCCCOc1cccc(CC(COP(=O)(O)OC(CC)CCN(C)C)CC(=O)CC)c1. The fraction of sp³-hybridized carbons (Fsp3) is 0.788. The molecule has 7 nitrogen and oxygen atoms in total. The van der Waals surface area contributed by atoms with Crippen LogP contribution in [-0.4, -0.2) is 55.5 Å². The van der Waals surface area contributed by atoms with Gasteiger partial charge in [-0.25, -0.2) is 4.57 Å². The zero-order chi connectivity index (χ0) is 30.3. The molecule has 0 aromatic heterocycles. The first-order valence-corrected chi connectivity index (χ1v) is 17.7. The summed E-state index contributed by atoms with van der Waals surface area (Å²) >= 11 is 0. The lowest BCUT2D eigenvalue weighted by atomic mass is 9.94. The minimum atomic E-state index is -4.24. The third kappa shape index (κ3) is 20.3. The number of nitrogens with zero attached hydrogens (tertiary/aromatic N) is 1. The van der Waals surface area contributed by atoms with Gasteiger partial charge in [0.2, 0.25) is 0 Å². The van der Waals surface area contributed by atoms with Crippen LogP contribution in [0.25, 0.3) is 0 Å². The van der Waals surface area contributed by atoms with Crippen LogP contribution in [0.1, 0.15) is 123 Å². The van der Waals surface area contributed by atoms with Crippen molar-refractivity contribution in [3.63, 3.8) is 0 Å². The second-order valence-corrected chi connectivity index (χ2v) is 13.1. The van der Waals surface area contributed by atoms with Crippen LogP contribution in [0.15, 0.2) is 24.3 Å². The van der Waals surface area contributed by atoms with Gasteiger partial charge in [0.05, 0.1) is 19.3 Å². The summed E-state index contributed by atoms with van der Waals surface area (Å²) in [7, 11) is -0.328. The second-order valence-electron chi connectivity index (χ2n) is 11.7. The average molecular weight is 598 g/mol. The molecule has 0 aliphatic rings. The summed E-state index contributed by atoms with van der Waals surface area (Å²) in [6.45, 7) is 7.45. The third-order valence-corrected chi connectivity index (χ3v) is 8.50. The summed E-state index contributed by atoms with van der Waals surface area (Å²) in [5, 5.41) is 0. The van der Waals surface area contributed by atoms with Crippen molar-refractivity contribution in [3.8, 4) is 5.75 Å². The number of Topliss-reactive ketones (excluding diaryl/α,β-unsaturated/α-hetero) is 1. The van der Waals surface area contributed by atoms with Gasteiger partial charge in [-0.2, -0.15) is 0 Å². The molecule has 0 saturated carbocycles. The van der Waals surface area contributed by atoms with Crippen LogP contribution in [0.2, 0.25) is 0 Å². The van der Waals surface area contributed by atoms with Gasteiger partial charge >= 0.3 is 7.82 Å². The van der Waals surface area contributed by atoms with Gasteiger partial charge in [0.1, 0.15) is 11.5 Å². The topological polar surface area (TPSA) is 85.3 Å². The molecule has 3 unspecified atom stereocenters. The van der Waals surface area contributed by atoms with Crippen molar-refractivity contribution in [2.75, 3.05) is 33.9 Å². The number of phosphoric ester groups is 1. The molecule has 0 bridgehead atoms. The van der Waals surface area contributed by atoms with Gasteiger partial charge in [-0.05, 0) is 63.4 Å². The van der Waals surface area contributed by atoms with Crippen molar-refractivity contribution in [1.82, 2.24) is 4.90 Å². The summed E-state index contributed by atoms with van der Waals surface area (Å²) in [4.78, 5) is 24.6. The van der Waals surface area contributed by atoms with Crippen LogP contribution in [0.4, 0.5) is 0 Å². The van der Waals surface area contributed by atoms with E-state index in [1.54, 1.807) is 0 Å². The normalized spacial score (nSPS) is 14.6. The van der Waals surface area contributed by atoms with Crippen LogP contribution in [-0.2, 0) is 24.8 Å². The van der Waals surface area contributed by atoms with Crippen molar-refractivity contribution in [2.24, 2.45) is 5.92 Å². The molecule has 1 N–H and O–H groups in total. The lowest BCUT2D eigenvalue weighted by molar-refractivity contribution is -0.120. The van der Waals surface area contributed by atoms with Gasteiger partial charge in [0.25, 0.3) is 0 Å². The largest absolute Gasteiger partial charge is 0.494 e. The molecule has 0 fully saturated rings. The van der Waals surface area contributed by atoms with E-state index in [1.807, 2.05) is 57.1 Å². The van der Waals surface area contributed by atoms with Gasteiger partial charge in [-0.1, -0.05) is 97.1 Å². The van der Waals surface area contributed by atoms with E-state index in [2.05, 4.69) is 6.92 Å². The molecule has 0 amide bonds. The Kier molecular flexibility index (Phi) is 21.4. The molecule has 1 aromatic carbocycles. The Bertz CT molecular complexity index is 849. The molecule has 0 aliphatic heterocycles. The first-order valence-electron chi connectivity index (χ1n) is 16.2. The highest BCUT2D eigenvalue weighted by Crippen LogP contribution is 2.46. The Labute approximate surface area is 251 Å². The smallest absolute Gasteiger partial charge is 0.472 e. The van der Waals surface area contributed by atoms with Crippen molar-refractivity contribution >= 4 is 13.6 Å². The van der Waals surface area contributed by atoms with E-state index in [4.69, 9.17) is 13.8 Å². The minimum absolute atomic E-state index is 0.0204. The molecule has 0 radical (unpaired) electrons. The van der Waals surface area contributed by atoms with Gasteiger partial charge in [0.15, 0.2) is 0 Å². The Balaban J connectivity index is 2.49. The molecule has 3 atom stereocenters. The van der Waals surface area contributed by atoms with Crippen molar-refractivity contribution in [1.29, 1.82) is 0 Å². The number of carbonyl (C=O) groups excluding carboxylic acids is 1. The number of phosphoric acid groups is 1. The Morgan fingerprint density at radius 3 is 2.17 bits per heavy atom. The number of hydrogen-bond acceptors (Lipinski definition) is 6. The lowest BCUT2D eigenvalue weighted by Crippen LogP contribution is -2.22. The van der Waals surface area contributed by atoms with Crippen LogP contribution in [0.3, 0.4) is 0 Å². The van der Waals surface area contributed by atoms with Crippen LogP contribution in [0, 0.1) is 5.92 Å². The van der Waals surface area contributed by atoms with Gasteiger partial charge in [-0.3, -0.25) is 13.8 Å². The Morgan fingerprint density at radius 1 is 0.951 bits per heavy atom. The summed E-state index contributed by atoms with van der Waals surface area (Å²) in [6, 6.07) is 7.92. The summed E-state index contributed by atoms with van der Waals surface area (Å²) in [5.41, 5.74) is 1.02. The maximum absolute atomic E-state index is 12.7. The summed E-state index contributed by atoms with van der Waals surface area (Å²) < 4.78 is 29.6. The fourth-order valence-corrected chi connectivity index (χ4v) is 5.95. The monoisotopic (exact) mass is 597 g/mol. The van der Waals surface area contributed by atoms with E-state index < -0.39 is 7.82 Å². The number of unbranched alkanes of at least 4 members (excludes halogenated alkanes) is 10. The quantitative estimate of drug-likeness (QED) is 0.0801. The number of benzene rings is 1. The van der Waals surface area contributed by atoms with Crippen LogP contribution < -0.4 is 4.74 Å². The number of hydrogen-bond donors (Lipinski definition) is 1. The molecule has 1 aromatic rings. The van der Waals surface area contributed by atoms with E-state index in [0.717, 1.165) is 24.3 Å². The second kappa shape index (κ2) is 23.2. The lowest BCUT2D eigenvalue weighted by Gasteiger charge is -2.23. The van der Waals surface area contributed by atoms with Crippen LogP contribution in [0.5, 0.6) is 5.75 Å². The maximum Gasteiger partial charge on any atom is 0.472 e. The molecule has 41 heavy (non-hydrogen) atoms. The number of rotatable bonds is 27. The van der Waals surface area contributed by atoms with Crippen molar-refractivity contribution < 1.29 is 28.0 Å². The summed E-state index contributed by atoms with van der Waals surface area (Å²) in [6.07, 6.45) is 16.5. The highest BCUT2D eigenvalue weighted by Gasteiger charge is 2.28. The van der Waals surface area contributed by atoms with Gasteiger partial charge in [0, 0.05) is 19.4 Å². The molecule has 0 heterocycles. The van der Waals surface area contributed by atoms with Crippen molar-refractivity contribution in [3.05, 3.63) is 29.8 Å². The highest BCUT2D eigenvalue weighted by atomic mass is 31.2.